The van der Waals surface area contributed by atoms with Crippen LogP contribution in [0.4, 0.5) is 5.69 Å². The second kappa shape index (κ2) is 5.30. The first kappa shape index (κ1) is 12.7. The van der Waals surface area contributed by atoms with Gasteiger partial charge in [0.25, 0.3) is 0 Å². The summed E-state index contributed by atoms with van der Waals surface area (Å²) in [6.07, 6.45) is 0.538. The fourth-order valence-electron chi connectivity index (χ4n) is 1.51. The lowest BCUT2D eigenvalue weighted by Crippen LogP contribution is -1.99. The van der Waals surface area contributed by atoms with Crippen LogP contribution in [-0.4, -0.2) is 16.4 Å². The SMILES string of the molecule is Cc1cc(COc2ccc(C=O)cc2[N+](=O)[O-])on1. The van der Waals surface area contributed by atoms with E-state index in [2.05, 4.69) is 5.16 Å². The van der Waals surface area contributed by atoms with Crippen molar-refractivity contribution in [3.63, 3.8) is 0 Å². The summed E-state index contributed by atoms with van der Waals surface area (Å²) >= 11 is 0. The summed E-state index contributed by atoms with van der Waals surface area (Å²) < 4.78 is 10.2. The Balaban J connectivity index is 2.19. The van der Waals surface area contributed by atoms with Crippen LogP contribution in [0.15, 0.2) is 28.8 Å². The molecule has 98 valence electrons. The molecule has 0 saturated heterocycles. The van der Waals surface area contributed by atoms with E-state index in [1.165, 1.54) is 12.1 Å². The Kier molecular flexibility index (Phi) is 3.56. The molecule has 0 amide bonds. The number of aryl methyl sites for hydroxylation is 1. The van der Waals surface area contributed by atoms with Crippen molar-refractivity contribution in [3.8, 4) is 5.75 Å². The van der Waals surface area contributed by atoms with Gasteiger partial charge in [-0.1, -0.05) is 5.16 Å². The quantitative estimate of drug-likeness (QED) is 0.466. The molecule has 0 aliphatic carbocycles. The van der Waals surface area contributed by atoms with E-state index < -0.39 is 4.92 Å². The van der Waals surface area contributed by atoms with Crippen molar-refractivity contribution in [1.29, 1.82) is 0 Å². The largest absolute Gasteiger partial charge is 0.479 e. The van der Waals surface area contributed by atoms with E-state index in [-0.39, 0.29) is 23.6 Å². The Morgan fingerprint density at radius 3 is 2.84 bits per heavy atom. The van der Waals surface area contributed by atoms with Crippen LogP contribution < -0.4 is 4.74 Å². The lowest BCUT2D eigenvalue weighted by Gasteiger charge is -2.04. The van der Waals surface area contributed by atoms with Crippen molar-refractivity contribution < 1.29 is 19.0 Å². The van der Waals surface area contributed by atoms with Crippen molar-refractivity contribution in [1.82, 2.24) is 5.16 Å². The van der Waals surface area contributed by atoms with Crippen molar-refractivity contribution in [3.05, 3.63) is 51.4 Å². The predicted octanol–water partition coefficient (Wildman–Crippen LogP) is 2.28. The first-order chi connectivity index (χ1) is 9.10. The maximum Gasteiger partial charge on any atom is 0.311 e. The molecule has 1 aromatic carbocycles. The van der Waals surface area contributed by atoms with Crippen LogP contribution in [0.5, 0.6) is 5.75 Å². The van der Waals surface area contributed by atoms with E-state index in [1.807, 2.05) is 0 Å². The van der Waals surface area contributed by atoms with E-state index in [4.69, 9.17) is 9.26 Å². The average Bonchev–Trinajstić information content (AvgIpc) is 2.82. The van der Waals surface area contributed by atoms with Gasteiger partial charge in [-0.3, -0.25) is 14.9 Å². The molecule has 0 aliphatic heterocycles. The van der Waals surface area contributed by atoms with Crippen molar-refractivity contribution in [2.24, 2.45) is 0 Å². The molecule has 0 aliphatic rings. The number of rotatable bonds is 5. The number of ether oxygens (including phenoxy) is 1. The monoisotopic (exact) mass is 262 g/mol. The molecule has 7 heteroatoms. The molecule has 1 heterocycles. The normalized spacial score (nSPS) is 10.2. The summed E-state index contributed by atoms with van der Waals surface area (Å²) in [5.74, 6) is 0.538. The molecular formula is C12H10N2O5. The highest BCUT2D eigenvalue weighted by Gasteiger charge is 2.16. The minimum Gasteiger partial charge on any atom is -0.479 e. The van der Waals surface area contributed by atoms with Gasteiger partial charge in [-0.2, -0.15) is 0 Å². The van der Waals surface area contributed by atoms with E-state index in [0.717, 1.165) is 6.07 Å². The summed E-state index contributed by atoms with van der Waals surface area (Å²) in [5.41, 5.74) is 0.653. The molecule has 0 N–H and O–H groups in total. The van der Waals surface area contributed by atoms with Crippen LogP contribution in [0, 0.1) is 17.0 Å². The average molecular weight is 262 g/mol. The van der Waals surface area contributed by atoms with E-state index in [9.17, 15) is 14.9 Å². The van der Waals surface area contributed by atoms with Gasteiger partial charge in [-0.15, -0.1) is 0 Å². The molecule has 0 bridgehead atoms. The van der Waals surface area contributed by atoms with Gasteiger partial charge in [0.2, 0.25) is 0 Å². The van der Waals surface area contributed by atoms with E-state index in [0.29, 0.717) is 17.7 Å². The van der Waals surface area contributed by atoms with Gasteiger partial charge < -0.3 is 9.26 Å². The number of hydrogen-bond donors (Lipinski definition) is 0. The number of nitro benzene ring substituents is 1. The zero-order chi connectivity index (χ0) is 13.8. The van der Waals surface area contributed by atoms with Crippen LogP contribution in [-0.2, 0) is 6.61 Å². The number of carbonyl (C=O) groups is 1. The summed E-state index contributed by atoms with van der Waals surface area (Å²) in [5, 5.41) is 14.6. The first-order valence-corrected chi connectivity index (χ1v) is 5.39. The van der Waals surface area contributed by atoms with Gasteiger partial charge >= 0.3 is 5.69 Å². The number of nitrogens with zero attached hydrogens (tertiary/aromatic N) is 2. The second-order valence-corrected chi connectivity index (χ2v) is 3.83. The molecule has 7 nitrogen and oxygen atoms in total. The van der Waals surface area contributed by atoms with Crippen LogP contribution in [0.3, 0.4) is 0 Å². The molecule has 0 spiro atoms. The van der Waals surface area contributed by atoms with E-state index >= 15 is 0 Å². The molecule has 19 heavy (non-hydrogen) atoms. The third kappa shape index (κ3) is 2.95. The van der Waals surface area contributed by atoms with Crippen molar-refractivity contribution in [2.45, 2.75) is 13.5 Å². The van der Waals surface area contributed by atoms with Gasteiger partial charge in [0, 0.05) is 17.7 Å². The minimum atomic E-state index is -0.603. The van der Waals surface area contributed by atoms with Gasteiger partial charge in [-0.05, 0) is 19.1 Å². The molecular weight excluding hydrogens is 252 g/mol. The molecule has 2 aromatic rings. The highest BCUT2D eigenvalue weighted by Crippen LogP contribution is 2.28. The smallest absolute Gasteiger partial charge is 0.311 e. The Morgan fingerprint density at radius 1 is 1.47 bits per heavy atom. The Labute approximate surface area is 107 Å². The standard InChI is InChI=1S/C12H10N2O5/c1-8-4-10(19-13-8)7-18-12-3-2-9(6-15)5-11(12)14(16)17/h2-6H,7H2,1H3. The number of hydrogen-bond acceptors (Lipinski definition) is 6. The van der Waals surface area contributed by atoms with Crippen LogP contribution in [0.25, 0.3) is 0 Å². The highest BCUT2D eigenvalue weighted by atomic mass is 16.6. The summed E-state index contributed by atoms with van der Waals surface area (Å²) in [6, 6.07) is 5.66. The molecule has 2 rings (SSSR count). The van der Waals surface area contributed by atoms with Gasteiger partial charge in [0.05, 0.1) is 10.6 Å². The van der Waals surface area contributed by atoms with Crippen LogP contribution >= 0.6 is 0 Å². The van der Waals surface area contributed by atoms with Gasteiger partial charge in [0.15, 0.2) is 11.5 Å². The van der Waals surface area contributed by atoms with Gasteiger partial charge in [0.1, 0.15) is 12.9 Å². The molecule has 0 radical (unpaired) electrons. The number of aromatic nitrogens is 1. The predicted molar refractivity (Wildman–Crippen MR) is 64.1 cm³/mol. The Hall–Kier alpha value is -2.70. The fourth-order valence-corrected chi connectivity index (χ4v) is 1.51. The molecule has 0 fully saturated rings. The lowest BCUT2D eigenvalue weighted by molar-refractivity contribution is -0.386. The molecule has 0 atom stereocenters. The zero-order valence-corrected chi connectivity index (χ0v) is 10.0. The number of nitro groups is 1. The maximum absolute atomic E-state index is 10.9. The highest BCUT2D eigenvalue weighted by molar-refractivity contribution is 5.77. The maximum atomic E-state index is 10.9. The first-order valence-electron chi connectivity index (χ1n) is 5.39. The molecule has 1 aromatic heterocycles. The number of carbonyl (C=O) groups excluding carboxylic acids is 1. The summed E-state index contributed by atoms with van der Waals surface area (Å²) in [4.78, 5) is 20.9. The Bertz CT molecular complexity index is 620. The molecule has 0 unspecified atom stereocenters. The van der Waals surface area contributed by atoms with Crippen molar-refractivity contribution in [2.75, 3.05) is 0 Å². The summed E-state index contributed by atoms with van der Waals surface area (Å²) in [6.45, 7) is 1.79. The zero-order valence-electron chi connectivity index (χ0n) is 10.0. The third-order valence-corrected chi connectivity index (χ3v) is 2.36. The topological polar surface area (TPSA) is 95.5 Å². The van der Waals surface area contributed by atoms with Crippen LogP contribution in [0.2, 0.25) is 0 Å². The lowest BCUT2D eigenvalue weighted by atomic mass is 10.2. The van der Waals surface area contributed by atoms with E-state index in [1.54, 1.807) is 13.0 Å². The molecule has 0 saturated carbocycles. The summed E-state index contributed by atoms with van der Waals surface area (Å²) in [7, 11) is 0. The number of aldehydes is 1. The minimum absolute atomic E-state index is 0.0299. The fraction of sp³-hybridized carbons (Fsp3) is 0.167. The second-order valence-electron chi connectivity index (χ2n) is 3.83. The third-order valence-electron chi connectivity index (χ3n) is 2.36. The van der Waals surface area contributed by atoms with Crippen LogP contribution in [0.1, 0.15) is 21.8 Å². The van der Waals surface area contributed by atoms with Gasteiger partial charge in [-0.25, -0.2) is 0 Å². The number of benzene rings is 1. The Morgan fingerprint density at radius 2 is 2.26 bits per heavy atom. The van der Waals surface area contributed by atoms with Crippen molar-refractivity contribution >= 4 is 12.0 Å².